The lowest BCUT2D eigenvalue weighted by atomic mass is 10.1. The predicted molar refractivity (Wildman–Crippen MR) is 66.4 cm³/mol. The topological polar surface area (TPSA) is 70.8 Å². The summed E-state index contributed by atoms with van der Waals surface area (Å²) in [7, 11) is 0. The Labute approximate surface area is 106 Å². The van der Waals surface area contributed by atoms with Crippen molar-refractivity contribution >= 4 is 11.9 Å². The fourth-order valence-corrected chi connectivity index (χ4v) is 1.68. The van der Waals surface area contributed by atoms with Gasteiger partial charge in [-0.15, -0.1) is 0 Å². The number of carbonyl (C=O) groups excluding carboxylic acids is 1. The highest BCUT2D eigenvalue weighted by molar-refractivity contribution is 5.93. The highest BCUT2D eigenvalue weighted by Crippen LogP contribution is 2.13. The Morgan fingerprint density at radius 1 is 1.44 bits per heavy atom. The van der Waals surface area contributed by atoms with E-state index >= 15 is 0 Å². The predicted octanol–water partition coefficient (Wildman–Crippen LogP) is 2.16. The second-order valence-corrected chi connectivity index (χ2v) is 4.72. The number of aryl methyl sites for hydroxylation is 1. The van der Waals surface area contributed by atoms with Gasteiger partial charge in [-0.3, -0.25) is 9.59 Å². The Bertz CT molecular complexity index is 422. The van der Waals surface area contributed by atoms with Crippen molar-refractivity contribution in [1.29, 1.82) is 0 Å². The van der Waals surface area contributed by atoms with Crippen LogP contribution in [0, 0.1) is 12.8 Å². The third-order valence-corrected chi connectivity index (χ3v) is 2.52. The molecule has 0 atom stereocenters. The van der Waals surface area contributed by atoms with Crippen LogP contribution in [-0.4, -0.2) is 35.0 Å². The molecule has 5 heteroatoms. The molecular formula is C13H19NO4. The van der Waals surface area contributed by atoms with Crippen molar-refractivity contribution < 1.29 is 19.1 Å². The minimum absolute atomic E-state index is 0.0573. The van der Waals surface area contributed by atoms with Gasteiger partial charge in [-0.25, -0.2) is 0 Å². The highest BCUT2D eigenvalue weighted by Gasteiger charge is 2.21. The number of carboxylic acids is 1. The lowest BCUT2D eigenvalue weighted by Crippen LogP contribution is -2.36. The first-order valence-corrected chi connectivity index (χ1v) is 5.97. The third kappa shape index (κ3) is 3.91. The van der Waals surface area contributed by atoms with Gasteiger partial charge in [0.15, 0.2) is 5.76 Å². The number of carbonyl (C=O) groups is 2. The second-order valence-electron chi connectivity index (χ2n) is 4.72. The summed E-state index contributed by atoms with van der Waals surface area (Å²) in [6.45, 7) is 6.48. The van der Waals surface area contributed by atoms with E-state index in [4.69, 9.17) is 9.52 Å². The number of carboxylic acid groups (broad SMARTS) is 1. The van der Waals surface area contributed by atoms with E-state index in [0.29, 0.717) is 12.3 Å². The molecule has 0 aliphatic rings. The van der Waals surface area contributed by atoms with Gasteiger partial charge in [-0.2, -0.15) is 0 Å². The van der Waals surface area contributed by atoms with Gasteiger partial charge in [0.05, 0.1) is 12.7 Å². The molecule has 0 aliphatic heterocycles. The van der Waals surface area contributed by atoms with Crippen LogP contribution < -0.4 is 0 Å². The van der Waals surface area contributed by atoms with Crippen LogP contribution in [0.4, 0.5) is 0 Å². The number of furan rings is 1. The van der Waals surface area contributed by atoms with Gasteiger partial charge in [0.1, 0.15) is 0 Å². The maximum atomic E-state index is 12.2. The lowest BCUT2D eigenvalue weighted by Gasteiger charge is -2.23. The molecule has 5 nitrogen and oxygen atoms in total. The minimum Gasteiger partial charge on any atom is -0.481 e. The zero-order valence-electron chi connectivity index (χ0n) is 11.0. The molecule has 1 aromatic heterocycles. The van der Waals surface area contributed by atoms with E-state index in [2.05, 4.69) is 0 Å². The standard InChI is InChI=1S/C13H19NO4/c1-9(2)8-14(6-4-11(15)16)13(17)12-10(3)5-7-18-12/h5,7,9H,4,6,8H2,1-3H3,(H,15,16). The quantitative estimate of drug-likeness (QED) is 0.843. The van der Waals surface area contributed by atoms with Gasteiger partial charge < -0.3 is 14.4 Å². The third-order valence-electron chi connectivity index (χ3n) is 2.52. The number of nitrogens with zero attached hydrogens (tertiary/aromatic N) is 1. The zero-order valence-corrected chi connectivity index (χ0v) is 11.0. The lowest BCUT2D eigenvalue weighted by molar-refractivity contribution is -0.137. The largest absolute Gasteiger partial charge is 0.481 e. The SMILES string of the molecule is Cc1ccoc1C(=O)N(CCC(=O)O)CC(C)C. The summed E-state index contributed by atoms with van der Waals surface area (Å²) in [5.74, 6) is -0.584. The van der Waals surface area contributed by atoms with E-state index in [1.165, 1.54) is 11.2 Å². The molecule has 0 aliphatic carbocycles. The summed E-state index contributed by atoms with van der Waals surface area (Å²) in [6, 6.07) is 1.72. The molecule has 0 radical (unpaired) electrons. The summed E-state index contributed by atoms with van der Waals surface area (Å²) in [6.07, 6.45) is 1.41. The van der Waals surface area contributed by atoms with Crippen molar-refractivity contribution in [2.24, 2.45) is 5.92 Å². The maximum Gasteiger partial charge on any atom is 0.305 e. The second kappa shape index (κ2) is 6.23. The minimum atomic E-state index is -0.910. The van der Waals surface area contributed by atoms with Crippen molar-refractivity contribution in [2.75, 3.05) is 13.1 Å². The van der Waals surface area contributed by atoms with Gasteiger partial charge in [0.2, 0.25) is 0 Å². The summed E-state index contributed by atoms with van der Waals surface area (Å²) >= 11 is 0. The Balaban J connectivity index is 2.78. The number of amides is 1. The van der Waals surface area contributed by atoms with E-state index in [0.717, 1.165) is 5.56 Å². The van der Waals surface area contributed by atoms with E-state index in [9.17, 15) is 9.59 Å². The highest BCUT2D eigenvalue weighted by atomic mass is 16.4. The van der Waals surface area contributed by atoms with Gasteiger partial charge >= 0.3 is 5.97 Å². The molecule has 0 saturated heterocycles. The molecule has 1 aromatic rings. The molecule has 0 saturated carbocycles. The molecule has 1 N–H and O–H groups in total. The Hall–Kier alpha value is -1.78. The number of hydrogen-bond donors (Lipinski definition) is 1. The average molecular weight is 253 g/mol. The number of aliphatic carboxylic acids is 1. The van der Waals surface area contributed by atoms with Gasteiger partial charge in [-0.1, -0.05) is 13.8 Å². The Morgan fingerprint density at radius 3 is 2.56 bits per heavy atom. The molecule has 1 amide bonds. The summed E-state index contributed by atoms with van der Waals surface area (Å²) in [5.41, 5.74) is 0.768. The molecule has 0 spiro atoms. The fraction of sp³-hybridized carbons (Fsp3) is 0.538. The van der Waals surface area contributed by atoms with Crippen LogP contribution >= 0.6 is 0 Å². The van der Waals surface area contributed by atoms with E-state index in [-0.39, 0.29) is 24.8 Å². The van der Waals surface area contributed by atoms with Gasteiger partial charge in [-0.05, 0) is 18.9 Å². The number of rotatable bonds is 6. The average Bonchev–Trinajstić information content (AvgIpc) is 2.69. The van der Waals surface area contributed by atoms with Crippen molar-refractivity contribution in [1.82, 2.24) is 4.90 Å². The van der Waals surface area contributed by atoms with Gasteiger partial charge in [0, 0.05) is 18.7 Å². The molecule has 1 heterocycles. The normalized spacial score (nSPS) is 10.7. The van der Waals surface area contributed by atoms with Crippen molar-refractivity contribution in [3.63, 3.8) is 0 Å². The van der Waals surface area contributed by atoms with E-state index in [1.54, 1.807) is 13.0 Å². The molecule has 1 rings (SSSR count). The van der Waals surface area contributed by atoms with Gasteiger partial charge in [0.25, 0.3) is 5.91 Å². The maximum absolute atomic E-state index is 12.2. The van der Waals surface area contributed by atoms with Crippen LogP contribution in [-0.2, 0) is 4.79 Å². The van der Waals surface area contributed by atoms with Crippen LogP contribution in [0.3, 0.4) is 0 Å². The Morgan fingerprint density at radius 2 is 2.11 bits per heavy atom. The molecule has 0 fully saturated rings. The summed E-state index contributed by atoms with van der Waals surface area (Å²) < 4.78 is 5.16. The monoisotopic (exact) mass is 253 g/mol. The van der Waals surface area contributed by atoms with Crippen LogP contribution in [0.25, 0.3) is 0 Å². The molecule has 0 aromatic carbocycles. The fourth-order valence-electron chi connectivity index (χ4n) is 1.68. The van der Waals surface area contributed by atoms with Crippen molar-refractivity contribution in [3.05, 3.63) is 23.7 Å². The Kier molecular flexibility index (Phi) is 4.95. The zero-order chi connectivity index (χ0) is 13.7. The van der Waals surface area contributed by atoms with Crippen molar-refractivity contribution in [2.45, 2.75) is 27.2 Å². The van der Waals surface area contributed by atoms with Crippen LogP contribution in [0.1, 0.15) is 36.4 Å². The first kappa shape index (κ1) is 14.3. The van der Waals surface area contributed by atoms with E-state index < -0.39 is 5.97 Å². The first-order valence-electron chi connectivity index (χ1n) is 5.97. The molecule has 100 valence electrons. The van der Waals surface area contributed by atoms with Crippen LogP contribution in [0.2, 0.25) is 0 Å². The first-order chi connectivity index (χ1) is 8.41. The number of hydrogen-bond acceptors (Lipinski definition) is 3. The molecule has 0 unspecified atom stereocenters. The summed E-state index contributed by atoms with van der Waals surface area (Å²) in [5, 5.41) is 8.70. The van der Waals surface area contributed by atoms with Crippen LogP contribution in [0.5, 0.6) is 0 Å². The van der Waals surface area contributed by atoms with Crippen molar-refractivity contribution in [3.8, 4) is 0 Å². The molecular weight excluding hydrogens is 234 g/mol. The summed E-state index contributed by atoms with van der Waals surface area (Å²) in [4.78, 5) is 24.4. The molecule has 0 bridgehead atoms. The van der Waals surface area contributed by atoms with E-state index in [1.807, 2.05) is 13.8 Å². The smallest absolute Gasteiger partial charge is 0.305 e. The van der Waals surface area contributed by atoms with Crippen LogP contribution in [0.15, 0.2) is 16.7 Å². The molecule has 18 heavy (non-hydrogen) atoms.